The van der Waals surface area contributed by atoms with Crippen LogP contribution >= 0.6 is 0 Å². The third kappa shape index (κ3) is 2.20. The molecule has 2 nitrogen and oxygen atoms in total. The monoisotopic (exact) mass is 101 g/mol. The predicted molar refractivity (Wildman–Crippen MR) is 24.5 cm³/mol. The van der Waals surface area contributed by atoms with E-state index in [1.807, 2.05) is 6.92 Å². The molecule has 0 N–H and O–H groups in total. The highest BCUT2D eigenvalue weighted by Gasteiger charge is 1.94. The maximum Gasteiger partial charge on any atom is 0.0442 e. The molecule has 0 aromatic rings. The molecule has 42 valence electrons. The summed E-state index contributed by atoms with van der Waals surface area (Å²) in [6.07, 6.45) is 0.655. The van der Waals surface area contributed by atoms with E-state index in [2.05, 4.69) is 0 Å². The Bertz CT molecular complexity index is 68.5. The Hall–Kier alpha value is -0.530. The maximum absolute atomic E-state index is 9.82. The smallest absolute Gasteiger partial charge is 0.0442 e. The van der Waals surface area contributed by atoms with Gasteiger partial charge in [-0.25, -0.2) is 0 Å². The molecule has 0 saturated heterocycles. The van der Waals surface area contributed by atoms with Crippen molar-refractivity contribution in [2.24, 2.45) is 5.92 Å². The van der Waals surface area contributed by atoms with E-state index in [1.165, 1.54) is 0 Å². The standard InChI is InChI=1S/C5H10O2/c1-3-4(2)5(6)7/h4H,3H2,1-2H3,(H,6,7)/p-1. The molecular formula is C5H9O2-. The van der Waals surface area contributed by atoms with E-state index < -0.39 is 5.97 Å². The number of rotatable bonds is 2. The van der Waals surface area contributed by atoms with Crippen LogP contribution in [0.15, 0.2) is 0 Å². The fourth-order valence-corrected chi connectivity index (χ4v) is 0.167. The third-order valence-corrected chi connectivity index (χ3v) is 1.01. The lowest BCUT2D eigenvalue weighted by Crippen LogP contribution is -2.28. The molecular weight excluding hydrogens is 92.1 g/mol. The number of carbonyl (C=O) groups excluding carboxylic acids is 1. The molecule has 0 amide bonds. The van der Waals surface area contributed by atoms with Crippen molar-refractivity contribution in [1.82, 2.24) is 0 Å². The number of carbonyl (C=O) groups is 1. The Morgan fingerprint density at radius 2 is 2.29 bits per heavy atom. The number of hydrogen-bond acceptors (Lipinski definition) is 2. The summed E-state index contributed by atoms with van der Waals surface area (Å²) in [5, 5.41) is 9.82. The van der Waals surface area contributed by atoms with Crippen LogP contribution < -0.4 is 5.11 Å². The third-order valence-electron chi connectivity index (χ3n) is 1.01. The van der Waals surface area contributed by atoms with E-state index in [9.17, 15) is 9.90 Å². The van der Waals surface area contributed by atoms with Crippen LogP contribution in [-0.2, 0) is 4.79 Å². The molecule has 0 radical (unpaired) electrons. The van der Waals surface area contributed by atoms with Crippen molar-refractivity contribution in [1.29, 1.82) is 0 Å². The highest BCUT2D eigenvalue weighted by atomic mass is 16.4. The van der Waals surface area contributed by atoms with Gasteiger partial charge in [0.25, 0.3) is 0 Å². The minimum absolute atomic E-state index is 0.292. The molecule has 0 rings (SSSR count). The topological polar surface area (TPSA) is 40.1 Å². The molecule has 7 heavy (non-hydrogen) atoms. The first-order chi connectivity index (χ1) is 3.18. The fourth-order valence-electron chi connectivity index (χ4n) is 0.167. The second kappa shape index (κ2) is 2.61. The SMILES string of the molecule is CCC(C)C(=O)[O-]. The summed E-state index contributed by atoms with van der Waals surface area (Å²) in [4.78, 5) is 9.82. The normalized spacial score (nSPS) is 13.4. The molecule has 1 atom stereocenters. The Balaban J connectivity index is 3.34. The summed E-state index contributed by atoms with van der Waals surface area (Å²) in [5.74, 6) is -1.25. The van der Waals surface area contributed by atoms with E-state index in [-0.39, 0.29) is 5.92 Å². The van der Waals surface area contributed by atoms with E-state index >= 15 is 0 Å². The lowest BCUT2D eigenvalue weighted by Gasteiger charge is -2.06. The lowest BCUT2D eigenvalue weighted by atomic mass is 10.1. The van der Waals surface area contributed by atoms with Crippen molar-refractivity contribution in [3.8, 4) is 0 Å². The predicted octanol–water partition coefficient (Wildman–Crippen LogP) is -0.218. The first kappa shape index (κ1) is 6.47. The number of carboxylic acid groups (broad SMARTS) is 1. The van der Waals surface area contributed by atoms with Crippen LogP contribution in [0, 0.1) is 5.92 Å². The molecule has 0 aliphatic rings. The number of carboxylic acids is 1. The van der Waals surface area contributed by atoms with Crippen molar-refractivity contribution >= 4 is 5.97 Å². The van der Waals surface area contributed by atoms with E-state index in [1.54, 1.807) is 6.92 Å². The molecule has 0 aliphatic carbocycles. The molecule has 0 spiro atoms. The van der Waals surface area contributed by atoms with Gasteiger partial charge in [0.1, 0.15) is 0 Å². The second-order valence-corrected chi connectivity index (χ2v) is 1.63. The minimum Gasteiger partial charge on any atom is -0.550 e. The molecule has 1 unspecified atom stereocenters. The van der Waals surface area contributed by atoms with Crippen molar-refractivity contribution in [2.45, 2.75) is 20.3 Å². The van der Waals surface area contributed by atoms with E-state index in [4.69, 9.17) is 0 Å². The van der Waals surface area contributed by atoms with Crippen LogP contribution in [-0.4, -0.2) is 5.97 Å². The average molecular weight is 101 g/mol. The molecule has 0 bridgehead atoms. The number of aliphatic carboxylic acids is 1. The van der Waals surface area contributed by atoms with Gasteiger partial charge < -0.3 is 9.90 Å². The van der Waals surface area contributed by atoms with Crippen molar-refractivity contribution in [2.75, 3.05) is 0 Å². The van der Waals surface area contributed by atoms with E-state index in [0.717, 1.165) is 0 Å². The molecule has 0 aromatic heterocycles. The van der Waals surface area contributed by atoms with Gasteiger partial charge in [0, 0.05) is 5.97 Å². The minimum atomic E-state index is -0.956. The van der Waals surface area contributed by atoms with Crippen molar-refractivity contribution in [3.05, 3.63) is 0 Å². The largest absolute Gasteiger partial charge is 0.550 e. The van der Waals surface area contributed by atoms with Gasteiger partial charge in [-0.15, -0.1) is 0 Å². The zero-order valence-electron chi connectivity index (χ0n) is 4.60. The summed E-state index contributed by atoms with van der Waals surface area (Å²) in [7, 11) is 0. The molecule has 0 aromatic carbocycles. The van der Waals surface area contributed by atoms with Gasteiger partial charge in [0.2, 0.25) is 0 Å². The van der Waals surface area contributed by atoms with Crippen LogP contribution in [0.2, 0.25) is 0 Å². The first-order valence-electron chi connectivity index (χ1n) is 2.39. The van der Waals surface area contributed by atoms with Crippen LogP contribution in [0.1, 0.15) is 20.3 Å². The summed E-state index contributed by atoms with van der Waals surface area (Å²) in [6, 6.07) is 0. The van der Waals surface area contributed by atoms with Crippen LogP contribution in [0.25, 0.3) is 0 Å². The molecule has 0 heterocycles. The zero-order chi connectivity index (χ0) is 5.86. The van der Waals surface area contributed by atoms with Gasteiger partial charge in [-0.1, -0.05) is 13.8 Å². The Morgan fingerprint density at radius 3 is 2.29 bits per heavy atom. The molecule has 0 aliphatic heterocycles. The first-order valence-corrected chi connectivity index (χ1v) is 2.39. The van der Waals surface area contributed by atoms with E-state index in [0.29, 0.717) is 6.42 Å². The Morgan fingerprint density at radius 1 is 1.86 bits per heavy atom. The summed E-state index contributed by atoms with van der Waals surface area (Å²) < 4.78 is 0. The Kier molecular flexibility index (Phi) is 2.41. The summed E-state index contributed by atoms with van der Waals surface area (Å²) in [6.45, 7) is 3.45. The quantitative estimate of drug-likeness (QED) is 0.482. The van der Waals surface area contributed by atoms with Crippen LogP contribution in [0.4, 0.5) is 0 Å². The molecule has 0 fully saturated rings. The highest BCUT2D eigenvalue weighted by Crippen LogP contribution is 1.95. The van der Waals surface area contributed by atoms with Crippen LogP contribution in [0.5, 0.6) is 0 Å². The van der Waals surface area contributed by atoms with Gasteiger partial charge in [-0.2, -0.15) is 0 Å². The lowest BCUT2D eigenvalue weighted by molar-refractivity contribution is -0.311. The average Bonchev–Trinajstić information content (AvgIpc) is 1.65. The molecule has 0 saturated carbocycles. The highest BCUT2D eigenvalue weighted by molar-refractivity contribution is 5.66. The van der Waals surface area contributed by atoms with Gasteiger partial charge in [-0.3, -0.25) is 0 Å². The Labute approximate surface area is 43.2 Å². The van der Waals surface area contributed by atoms with Crippen molar-refractivity contribution in [3.63, 3.8) is 0 Å². The fraction of sp³-hybridized carbons (Fsp3) is 0.800. The van der Waals surface area contributed by atoms with Gasteiger partial charge in [0.05, 0.1) is 0 Å². The van der Waals surface area contributed by atoms with Crippen molar-refractivity contribution < 1.29 is 9.90 Å². The second-order valence-electron chi connectivity index (χ2n) is 1.63. The van der Waals surface area contributed by atoms with Crippen LogP contribution in [0.3, 0.4) is 0 Å². The van der Waals surface area contributed by atoms with Gasteiger partial charge in [-0.05, 0) is 12.3 Å². The zero-order valence-corrected chi connectivity index (χ0v) is 4.60. The van der Waals surface area contributed by atoms with Gasteiger partial charge >= 0.3 is 0 Å². The maximum atomic E-state index is 9.82. The molecule has 2 heteroatoms. The number of hydrogen-bond donors (Lipinski definition) is 0. The van der Waals surface area contributed by atoms with Gasteiger partial charge in [0.15, 0.2) is 0 Å². The summed E-state index contributed by atoms with van der Waals surface area (Å²) >= 11 is 0. The summed E-state index contributed by atoms with van der Waals surface area (Å²) in [5.41, 5.74) is 0.